The van der Waals surface area contributed by atoms with E-state index in [-0.39, 0.29) is 24.1 Å². The molecule has 1 fully saturated rings. The van der Waals surface area contributed by atoms with E-state index in [1.807, 2.05) is 11.0 Å². The molecule has 0 N–H and O–H groups in total. The Morgan fingerprint density at radius 2 is 1.97 bits per heavy atom. The fourth-order valence-corrected chi connectivity index (χ4v) is 4.29. The van der Waals surface area contributed by atoms with E-state index in [4.69, 9.17) is 13.6 Å². The molecule has 0 atom stereocenters. The Bertz CT molecular complexity index is 1490. The molecule has 36 heavy (non-hydrogen) atoms. The average Bonchev–Trinajstić information content (AvgIpc) is 3.61. The number of hydrogen-bond acceptors (Lipinski definition) is 10. The summed E-state index contributed by atoms with van der Waals surface area (Å²) in [6.07, 6.45) is 1.50. The number of amides is 1. The molecule has 0 spiro atoms. The summed E-state index contributed by atoms with van der Waals surface area (Å²) in [6.45, 7) is 4.81. The lowest BCUT2D eigenvalue weighted by molar-refractivity contribution is -0.134. The molecule has 4 aromatic heterocycles. The summed E-state index contributed by atoms with van der Waals surface area (Å²) < 4.78 is 18.1. The van der Waals surface area contributed by atoms with E-state index in [9.17, 15) is 14.9 Å². The molecule has 5 rings (SSSR count). The van der Waals surface area contributed by atoms with Crippen molar-refractivity contribution in [1.29, 1.82) is 5.26 Å². The number of carbonyl (C=O) groups is 2. The van der Waals surface area contributed by atoms with Gasteiger partial charge in [0.15, 0.2) is 18.0 Å². The van der Waals surface area contributed by atoms with Gasteiger partial charge in [-0.25, -0.2) is 9.78 Å². The topological polar surface area (TPSA) is 144 Å². The number of anilines is 1. The summed E-state index contributed by atoms with van der Waals surface area (Å²) in [4.78, 5) is 37.7. The van der Waals surface area contributed by atoms with Gasteiger partial charge in [0.1, 0.15) is 6.07 Å². The summed E-state index contributed by atoms with van der Waals surface area (Å²) in [6, 6.07) is 7.09. The summed E-state index contributed by atoms with van der Waals surface area (Å²) in [7, 11) is 1.76. The normalized spacial score (nSPS) is 13.7. The molecule has 0 unspecified atom stereocenters. The number of oxazole rings is 1. The number of ether oxygens (including phenoxy) is 1. The van der Waals surface area contributed by atoms with Crippen molar-refractivity contribution < 1.29 is 23.2 Å². The minimum atomic E-state index is -0.598. The number of pyridine rings is 1. The minimum absolute atomic E-state index is 0.153. The number of piperazine rings is 1. The first-order chi connectivity index (χ1) is 17.4. The molecule has 0 aromatic carbocycles. The van der Waals surface area contributed by atoms with Crippen LogP contribution < -0.4 is 4.90 Å². The van der Waals surface area contributed by atoms with Crippen LogP contribution in [0.3, 0.4) is 0 Å². The zero-order valence-corrected chi connectivity index (χ0v) is 20.0. The van der Waals surface area contributed by atoms with Gasteiger partial charge in [-0.15, -0.1) is 0 Å². The highest BCUT2D eigenvalue weighted by atomic mass is 16.5. The van der Waals surface area contributed by atoms with Crippen molar-refractivity contribution in [2.24, 2.45) is 7.05 Å². The third kappa shape index (κ3) is 4.15. The van der Waals surface area contributed by atoms with Crippen molar-refractivity contribution in [2.75, 3.05) is 37.7 Å². The Morgan fingerprint density at radius 3 is 2.67 bits per heavy atom. The number of hydrogen-bond donors (Lipinski definition) is 0. The quantitative estimate of drug-likeness (QED) is 0.383. The zero-order chi connectivity index (χ0) is 25.4. The van der Waals surface area contributed by atoms with Gasteiger partial charge in [-0.05, 0) is 32.0 Å². The molecule has 184 valence electrons. The number of aromatic nitrogens is 4. The van der Waals surface area contributed by atoms with Crippen LogP contribution in [0.4, 0.5) is 5.88 Å². The molecule has 0 bridgehead atoms. The molecule has 1 amide bonds. The molecule has 0 radical (unpaired) electrons. The first kappa shape index (κ1) is 23.1. The van der Waals surface area contributed by atoms with Crippen LogP contribution in [0.1, 0.15) is 27.4 Å². The van der Waals surface area contributed by atoms with Gasteiger partial charge in [0.2, 0.25) is 11.6 Å². The summed E-state index contributed by atoms with van der Waals surface area (Å²) in [5.41, 5.74) is 2.39. The van der Waals surface area contributed by atoms with Gasteiger partial charge in [0.05, 0.1) is 22.9 Å². The number of furan rings is 1. The Hall–Kier alpha value is -4.66. The van der Waals surface area contributed by atoms with Gasteiger partial charge >= 0.3 is 5.97 Å². The van der Waals surface area contributed by atoms with Crippen molar-refractivity contribution in [3.8, 4) is 17.7 Å². The smallest absolute Gasteiger partial charge is 0.339 e. The number of nitrogens with zero attached hydrogens (tertiary/aromatic N) is 7. The van der Waals surface area contributed by atoms with Crippen LogP contribution in [0.2, 0.25) is 0 Å². The Kier molecular flexibility index (Phi) is 5.89. The lowest BCUT2D eigenvalue weighted by atomic mass is 10.1. The minimum Gasteiger partial charge on any atom is -0.459 e. The van der Waals surface area contributed by atoms with Crippen LogP contribution >= 0.6 is 0 Å². The van der Waals surface area contributed by atoms with Crippen LogP contribution in [0.15, 0.2) is 33.3 Å². The largest absolute Gasteiger partial charge is 0.459 e. The van der Waals surface area contributed by atoms with Crippen molar-refractivity contribution >= 4 is 28.8 Å². The van der Waals surface area contributed by atoms with E-state index >= 15 is 0 Å². The second-order valence-corrected chi connectivity index (χ2v) is 8.42. The van der Waals surface area contributed by atoms with E-state index in [1.54, 1.807) is 48.7 Å². The standard InChI is InChI=1S/C24H23N7O5/c1-14-11-16(20-15(2)28-29(3)21(20)26-14)24(33)35-13-19(32)30-6-8-31(9-7-30)23-17(12-25)27-22(36-23)18-5-4-10-34-18/h4-5,10-11H,6-9,13H2,1-3H3. The lowest BCUT2D eigenvalue weighted by Gasteiger charge is -2.34. The highest BCUT2D eigenvalue weighted by molar-refractivity contribution is 6.04. The van der Waals surface area contributed by atoms with Gasteiger partial charge in [0.25, 0.3) is 11.8 Å². The molecular formula is C24H23N7O5. The first-order valence-corrected chi connectivity index (χ1v) is 11.3. The summed E-state index contributed by atoms with van der Waals surface area (Å²) >= 11 is 0. The third-order valence-electron chi connectivity index (χ3n) is 6.01. The first-order valence-electron chi connectivity index (χ1n) is 11.3. The number of esters is 1. The molecule has 1 saturated heterocycles. The van der Waals surface area contributed by atoms with Gasteiger partial charge in [-0.1, -0.05) is 0 Å². The van der Waals surface area contributed by atoms with Gasteiger partial charge in [-0.2, -0.15) is 15.3 Å². The number of carbonyl (C=O) groups excluding carboxylic acids is 2. The Balaban J connectivity index is 1.21. The molecule has 12 nitrogen and oxygen atoms in total. The molecule has 0 aliphatic carbocycles. The second kappa shape index (κ2) is 9.18. The molecule has 4 aromatic rings. The number of fused-ring (bicyclic) bond motifs is 1. The van der Waals surface area contributed by atoms with Crippen molar-refractivity contribution in [2.45, 2.75) is 13.8 Å². The van der Waals surface area contributed by atoms with E-state index < -0.39 is 5.97 Å². The lowest BCUT2D eigenvalue weighted by Crippen LogP contribution is -2.50. The van der Waals surface area contributed by atoms with Gasteiger partial charge in [0, 0.05) is 38.9 Å². The highest BCUT2D eigenvalue weighted by Crippen LogP contribution is 2.29. The Morgan fingerprint density at radius 1 is 1.19 bits per heavy atom. The van der Waals surface area contributed by atoms with Crippen LogP contribution in [0.25, 0.3) is 22.7 Å². The highest BCUT2D eigenvalue weighted by Gasteiger charge is 2.28. The van der Waals surface area contributed by atoms with Gasteiger partial charge in [-0.3, -0.25) is 9.48 Å². The van der Waals surface area contributed by atoms with Crippen LogP contribution in [0.5, 0.6) is 0 Å². The molecule has 5 heterocycles. The fourth-order valence-electron chi connectivity index (χ4n) is 4.29. The third-order valence-corrected chi connectivity index (χ3v) is 6.01. The Labute approximate surface area is 205 Å². The average molecular weight is 489 g/mol. The van der Waals surface area contributed by atoms with Gasteiger partial charge < -0.3 is 23.4 Å². The predicted octanol–water partition coefficient (Wildman–Crippen LogP) is 2.21. The number of rotatable bonds is 5. The maximum absolute atomic E-state index is 12.8. The van der Waals surface area contributed by atoms with E-state index in [0.717, 1.165) is 0 Å². The monoisotopic (exact) mass is 489 g/mol. The van der Waals surface area contributed by atoms with Crippen LogP contribution in [0, 0.1) is 25.2 Å². The predicted molar refractivity (Wildman–Crippen MR) is 126 cm³/mol. The van der Waals surface area contributed by atoms with Crippen molar-refractivity contribution in [1.82, 2.24) is 24.6 Å². The fraction of sp³-hybridized carbons (Fsp3) is 0.333. The maximum Gasteiger partial charge on any atom is 0.339 e. The van der Waals surface area contributed by atoms with E-state index in [1.165, 1.54) is 6.26 Å². The molecular weight excluding hydrogens is 466 g/mol. The molecule has 0 saturated carbocycles. The summed E-state index contributed by atoms with van der Waals surface area (Å²) in [5, 5.41) is 14.4. The molecule has 12 heteroatoms. The van der Waals surface area contributed by atoms with E-state index in [2.05, 4.69) is 15.1 Å². The molecule has 1 aliphatic rings. The zero-order valence-electron chi connectivity index (χ0n) is 20.0. The van der Waals surface area contributed by atoms with E-state index in [0.29, 0.717) is 65.8 Å². The van der Waals surface area contributed by atoms with Crippen molar-refractivity contribution in [3.63, 3.8) is 0 Å². The number of nitriles is 1. The molecule has 1 aliphatic heterocycles. The van der Waals surface area contributed by atoms with Crippen LogP contribution in [-0.2, 0) is 16.6 Å². The summed E-state index contributed by atoms with van der Waals surface area (Å²) in [5.74, 6) is 0.0887. The maximum atomic E-state index is 12.8. The van der Waals surface area contributed by atoms with Crippen LogP contribution in [-0.4, -0.2) is 69.3 Å². The number of aryl methyl sites for hydroxylation is 3. The van der Waals surface area contributed by atoms with Crippen molar-refractivity contribution in [3.05, 3.63) is 47.1 Å². The SMILES string of the molecule is Cc1cc(C(=O)OCC(=O)N2CCN(c3oc(-c4ccco4)nc3C#N)CC2)c2c(C)nn(C)c2n1. The second-order valence-electron chi connectivity index (χ2n) is 8.42.